The minimum Gasteiger partial charge on any atom is -0.454 e. The number of hydrogen-bond acceptors (Lipinski definition) is 9. The molecule has 0 aliphatic carbocycles. The number of allylic oxidation sites excluding steroid dienone is 2. The van der Waals surface area contributed by atoms with Crippen LogP contribution >= 0.6 is 0 Å². The van der Waals surface area contributed by atoms with Crippen LogP contribution in [0.4, 0.5) is 10.5 Å². The molecule has 10 nitrogen and oxygen atoms in total. The fraction of sp³-hybridized carbons (Fsp3) is 0.542. The Morgan fingerprint density at radius 3 is 2.18 bits per heavy atom. The number of methoxy groups -OCH3 is 1. The highest BCUT2D eigenvalue weighted by molar-refractivity contribution is 5.84. The van der Waals surface area contributed by atoms with Crippen LogP contribution in [0.3, 0.4) is 0 Å². The number of rotatable bonds is 4. The van der Waals surface area contributed by atoms with Crippen LogP contribution < -0.4 is 5.32 Å². The van der Waals surface area contributed by atoms with Crippen LogP contribution in [-0.4, -0.2) is 67.6 Å². The lowest BCUT2D eigenvalue weighted by Crippen LogP contribution is -2.63. The van der Waals surface area contributed by atoms with E-state index in [9.17, 15) is 19.5 Å². The number of nitrogens with one attached hydrogen (secondary N) is 1. The van der Waals surface area contributed by atoms with Gasteiger partial charge in [0.1, 0.15) is 6.10 Å². The monoisotopic (exact) mass is 477 g/mol. The van der Waals surface area contributed by atoms with Crippen molar-refractivity contribution in [2.24, 2.45) is 11.8 Å². The van der Waals surface area contributed by atoms with E-state index in [0.29, 0.717) is 18.5 Å². The van der Waals surface area contributed by atoms with Gasteiger partial charge in [-0.1, -0.05) is 44.2 Å². The Morgan fingerprint density at radius 2 is 1.62 bits per heavy atom. The molecule has 0 unspecified atom stereocenters. The number of benzene rings is 1. The third-order valence-corrected chi connectivity index (χ3v) is 5.72. The number of fused-ring (bicyclic) bond motifs is 1. The van der Waals surface area contributed by atoms with Gasteiger partial charge in [-0.05, 0) is 25.0 Å². The summed E-state index contributed by atoms with van der Waals surface area (Å²) in [6.45, 7) is 2.86. The van der Waals surface area contributed by atoms with Gasteiger partial charge in [0.2, 0.25) is 0 Å². The summed E-state index contributed by atoms with van der Waals surface area (Å²) < 4.78 is 28.0. The van der Waals surface area contributed by atoms with E-state index in [0.717, 1.165) is 0 Å². The molecule has 0 bridgehead atoms. The van der Waals surface area contributed by atoms with Gasteiger partial charge in [-0.2, -0.15) is 0 Å². The molecule has 2 N–H and O–H groups in total. The number of carbonyl (C=O) groups excluding carboxylic acids is 3. The third kappa shape index (κ3) is 6.34. The van der Waals surface area contributed by atoms with Gasteiger partial charge in [0, 0.05) is 12.8 Å². The summed E-state index contributed by atoms with van der Waals surface area (Å²) in [6.07, 6.45) is -2.41. The average Bonchev–Trinajstić information content (AvgIpc) is 2.83. The van der Waals surface area contributed by atoms with Crippen LogP contribution in [0.1, 0.15) is 26.7 Å². The minimum absolute atomic E-state index is 0.408. The molecular formula is C24H31NO9. The Morgan fingerprint density at radius 1 is 1.03 bits per heavy atom. The van der Waals surface area contributed by atoms with E-state index in [1.807, 2.05) is 12.2 Å². The van der Waals surface area contributed by atoms with Gasteiger partial charge in [-0.25, -0.2) is 4.79 Å². The van der Waals surface area contributed by atoms with Crippen molar-refractivity contribution < 1.29 is 43.2 Å². The van der Waals surface area contributed by atoms with E-state index in [2.05, 4.69) is 5.32 Å². The smallest absolute Gasteiger partial charge is 0.412 e. The lowest BCUT2D eigenvalue weighted by Gasteiger charge is -2.44. The third-order valence-electron chi connectivity index (χ3n) is 5.72. The van der Waals surface area contributed by atoms with Crippen molar-refractivity contribution in [1.29, 1.82) is 0 Å². The number of para-hydroxylation sites is 1. The number of esters is 2. The second kappa shape index (κ2) is 12.0. The highest BCUT2D eigenvalue weighted by atomic mass is 16.7. The molecule has 34 heavy (non-hydrogen) atoms. The fourth-order valence-corrected chi connectivity index (χ4v) is 3.70. The molecule has 1 fully saturated rings. The highest BCUT2D eigenvalue weighted by Gasteiger charge is 2.53. The molecule has 1 saturated heterocycles. The standard InChI is InChI=1S/C24H31NO9/c1-14-9-7-8-10-15(2)22(28)33-20-19(32-21(14)27)18(17(13-26)31-23(20)30-3)34-24(29)25-16-11-5-4-6-12-16/h4-8,11-12,14-15,17-20,23,26H,9-10,13H2,1-3H3,(H,25,29)/b8-7+/t14-,15-,17-,18-,19+,20-,23+/m1/s1. The summed E-state index contributed by atoms with van der Waals surface area (Å²) in [5.41, 5.74) is 0.479. The zero-order valence-corrected chi connectivity index (χ0v) is 19.4. The summed E-state index contributed by atoms with van der Waals surface area (Å²) in [6, 6.07) is 8.60. The molecule has 2 heterocycles. The molecule has 0 spiro atoms. The van der Waals surface area contributed by atoms with Gasteiger partial charge in [0.15, 0.2) is 24.6 Å². The molecule has 0 saturated carbocycles. The van der Waals surface area contributed by atoms with Crippen LogP contribution in [0.5, 0.6) is 0 Å². The number of ether oxygens (including phenoxy) is 5. The number of aliphatic hydroxyl groups is 1. The second-order valence-electron chi connectivity index (χ2n) is 8.37. The number of anilines is 1. The molecule has 7 atom stereocenters. The summed E-state index contributed by atoms with van der Waals surface area (Å²) in [7, 11) is 1.33. The number of amides is 1. The van der Waals surface area contributed by atoms with Gasteiger partial charge < -0.3 is 28.8 Å². The molecule has 1 aromatic carbocycles. The molecule has 186 valence electrons. The van der Waals surface area contributed by atoms with Crippen LogP contribution in [0, 0.1) is 11.8 Å². The van der Waals surface area contributed by atoms with Gasteiger partial charge in [0.05, 0.1) is 18.4 Å². The van der Waals surface area contributed by atoms with E-state index >= 15 is 0 Å². The molecule has 2 aliphatic rings. The summed E-state index contributed by atoms with van der Waals surface area (Å²) in [5, 5.41) is 12.5. The van der Waals surface area contributed by atoms with Crippen molar-refractivity contribution in [3.8, 4) is 0 Å². The fourth-order valence-electron chi connectivity index (χ4n) is 3.70. The van der Waals surface area contributed by atoms with Crippen LogP contribution in [0.2, 0.25) is 0 Å². The first-order valence-electron chi connectivity index (χ1n) is 11.2. The van der Waals surface area contributed by atoms with E-state index in [1.54, 1.807) is 44.2 Å². The van der Waals surface area contributed by atoms with Gasteiger partial charge >= 0.3 is 18.0 Å². The van der Waals surface area contributed by atoms with Gasteiger partial charge in [0.25, 0.3) is 0 Å². The quantitative estimate of drug-likeness (QED) is 0.381. The SMILES string of the molecule is CO[C@H]1O[C@H](CO)[C@@H](OC(=O)Nc2ccccc2)[C@@H]2OC(=O)[C@H](C)C/C=C/C[C@@H](C)C(=O)O[C@@H]12. The van der Waals surface area contributed by atoms with Gasteiger partial charge in [-0.3, -0.25) is 14.9 Å². The van der Waals surface area contributed by atoms with E-state index in [4.69, 9.17) is 23.7 Å². The molecule has 3 rings (SSSR count). The first-order valence-corrected chi connectivity index (χ1v) is 11.2. The summed E-state index contributed by atoms with van der Waals surface area (Å²) >= 11 is 0. The van der Waals surface area contributed by atoms with Crippen LogP contribution in [0.15, 0.2) is 42.5 Å². The lowest BCUT2D eigenvalue weighted by atomic mass is 9.97. The van der Waals surface area contributed by atoms with Crippen molar-refractivity contribution in [2.75, 3.05) is 19.0 Å². The molecule has 1 aromatic rings. The summed E-state index contributed by atoms with van der Waals surface area (Å²) in [5.74, 6) is -2.10. The lowest BCUT2D eigenvalue weighted by molar-refractivity contribution is -0.300. The second-order valence-corrected chi connectivity index (χ2v) is 8.37. The maximum absolute atomic E-state index is 12.8. The Bertz CT molecular complexity index is 874. The maximum atomic E-state index is 12.8. The average molecular weight is 478 g/mol. The van der Waals surface area contributed by atoms with Crippen LogP contribution in [-0.2, 0) is 33.3 Å². The first-order chi connectivity index (χ1) is 16.3. The molecule has 1 amide bonds. The van der Waals surface area contributed by atoms with E-state index in [-0.39, 0.29) is 0 Å². The normalized spacial score (nSPS) is 33.2. The predicted molar refractivity (Wildman–Crippen MR) is 120 cm³/mol. The summed E-state index contributed by atoms with van der Waals surface area (Å²) in [4.78, 5) is 38.2. The molecule has 0 radical (unpaired) electrons. The molecule has 0 aromatic heterocycles. The Labute approximate surface area is 198 Å². The number of hydrogen-bond donors (Lipinski definition) is 2. The maximum Gasteiger partial charge on any atom is 0.412 e. The van der Waals surface area contributed by atoms with Crippen molar-refractivity contribution in [3.05, 3.63) is 42.5 Å². The zero-order valence-electron chi connectivity index (χ0n) is 19.4. The molecule has 2 aliphatic heterocycles. The number of carbonyl (C=O) groups is 3. The highest BCUT2D eigenvalue weighted by Crippen LogP contribution is 2.31. The zero-order chi connectivity index (χ0) is 24.7. The molecular weight excluding hydrogens is 446 g/mol. The van der Waals surface area contributed by atoms with E-state index in [1.165, 1.54) is 7.11 Å². The topological polar surface area (TPSA) is 130 Å². The van der Waals surface area contributed by atoms with Crippen molar-refractivity contribution in [3.63, 3.8) is 0 Å². The number of aliphatic hydroxyl groups excluding tert-OH is 1. The predicted octanol–water partition coefficient (Wildman–Crippen LogP) is 2.41. The van der Waals surface area contributed by atoms with Crippen molar-refractivity contribution in [1.82, 2.24) is 0 Å². The molecule has 10 heteroatoms. The van der Waals surface area contributed by atoms with E-state index < -0.39 is 67.2 Å². The van der Waals surface area contributed by atoms with Crippen LogP contribution in [0.25, 0.3) is 0 Å². The Hall–Kier alpha value is -2.95. The minimum atomic E-state index is -1.28. The largest absolute Gasteiger partial charge is 0.454 e. The van der Waals surface area contributed by atoms with Gasteiger partial charge in [-0.15, -0.1) is 0 Å². The van der Waals surface area contributed by atoms with Crippen molar-refractivity contribution in [2.45, 2.75) is 57.4 Å². The first kappa shape index (κ1) is 25.7. The Kier molecular flexibility index (Phi) is 9.03. The van der Waals surface area contributed by atoms with Crippen molar-refractivity contribution >= 4 is 23.7 Å². The Balaban J connectivity index is 1.92.